The SMILES string of the molecule is B=S(C)N(C)C(C)(C)CC. The van der Waals surface area contributed by atoms with E-state index in [0.29, 0.717) is 5.54 Å². The summed E-state index contributed by atoms with van der Waals surface area (Å²) in [5.41, 5.74) is 0.305. The number of hydrogen-bond donors (Lipinski definition) is 0. The molecule has 0 aliphatic carbocycles. The summed E-state index contributed by atoms with van der Waals surface area (Å²) in [5.74, 6) is 0. The van der Waals surface area contributed by atoms with Crippen molar-refractivity contribution in [2.45, 2.75) is 32.7 Å². The van der Waals surface area contributed by atoms with Crippen molar-refractivity contribution in [3.05, 3.63) is 0 Å². The molecule has 0 spiro atoms. The monoisotopic (exact) mass is 159 g/mol. The zero-order chi connectivity index (χ0) is 8.36. The quantitative estimate of drug-likeness (QED) is 0.567. The molecule has 0 aliphatic heterocycles. The van der Waals surface area contributed by atoms with Gasteiger partial charge in [-0.15, -0.1) is 0 Å². The molecule has 0 heterocycles. The van der Waals surface area contributed by atoms with Crippen LogP contribution >= 0.6 is 10.5 Å². The predicted molar refractivity (Wildman–Crippen MR) is 52.8 cm³/mol. The van der Waals surface area contributed by atoms with E-state index in [0.717, 1.165) is 0 Å². The van der Waals surface area contributed by atoms with Crippen LogP contribution < -0.4 is 0 Å². The molecular formula is C7H18BNS. The Balaban J connectivity index is 4.17. The first-order valence-corrected chi connectivity index (χ1v) is 5.37. The second-order valence-corrected chi connectivity index (χ2v) is 5.01. The third kappa shape index (κ3) is 2.55. The summed E-state index contributed by atoms with van der Waals surface area (Å²) in [6.45, 7) is 10.7. The molecule has 0 saturated heterocycles. The van der Waals surface area contributed by atoms with Crippen LogP contribution in [-0.4, -0.2) is 29.9 Å². The normalized spacial score (nSPS) is 15.7. The Hall–Kier alpha value is 0.375. The number of nitrogens with zero attached hydrogens (tertiary/aromatic N) is 1. The molecule has 1 atom stereocenters. The minimum atomic E-state index is 0.154. The molecule has 0 N–H and O–H groups in total. The van der Waals surface area contributed by atoms with Crippen molar-refractivity contribution in [1.29, 1.82) is 0 Å². The maximum absolute atomic E-state index is 4.01. The second kappa shape index (κ2) is 3.68. The summed E-state index contributed by atoms with van der Waals surface area (Å²) in [7, 11) is 2.29. The molecule has 0 saturated carbocycles. The van der Waals surface area contributed by atoms with E-state index in [-0.39, 0.29) is 10.5 Å². The Bertz CT molecular complexity index is 134. The molecule has 0 aromatic carbocycles. The van der Waals surface area contributed by atoms with E-state index < -0.39 is 0 Å². The minimum absolute atomic E-state index is 0.154. The van der Waals surface area contributed by atoms with Crippen LogP contribution in [0.5, 0.6) is 0 Å². The van der Waals surface area contributed by atoms with Crippen molar-refractivity contribution in [2.75, 3.05) is 13.3 Å². The van der Waals surface area contributed by atoms with Crippen molar-refractivity contribution in [2.24, 2.45) is 0 Å². The fourth-order valence-corrected chi connectivity index (χ4v) is 1.62. The Kier molecular flexibility index (Phi) is 3.81. The molecule has 0 rings (SSSR count). The number of hydrogen-bond acceptors (Lipinski definition) is 1. The van der Waals surface area contributed by atoms with Crippen LogP contribution in [0.15, 0.2) is 0 Å². The zero-order valence-electron chi connectivity index (χ0n) is 7.77. The summed E-state index contributed by atoms with van der Waals surface area (Å²) < 4.78 is 2.33. The van der Waals surface area contributed by atoms with Crippen LogP contribution in [0.25, 0.3) is 0 Å². The summed E-state index contributed by atoms with van der Waals surface area (Å²) >= 11 is 0. The molecule has 1 unspecified atom stereocenters. The van der Waals surface area contributed by atoms with Gasteiger partial charge in [0.1, 0.15) is 0 Å². The molecule has 10 heavy (non-hydrogen) atoms. The van der Waals surface area contributed by atoms with Crippen LogP contribution in [0.3, 0.4) is 0 Å². The number of rotatable bonds is 3. The third-order valence-electron chi connectivity index (χ3n) is 2.19. The molecule has 0 aromatic rings. The van der Waals surface area contributed by atoms with Crippen molar-refractivity contribution < 1.29 is 0 Å². The van der Waals surface area contributed by atoms with Gasteiger partial charge in [-0.05, 0) is 0 Å². The van der Waals surface area contributed by atoms with Crippen LogP contribution in [0.2, 0.25) is 0 Å². The first-order valence-electron chi connectivity index (χ1n) is 3.61. The summed E-state index contributed by atoms with van der Waals surface area (Å²) in [6, 6.07) is 0. The molecule has 0 amide bonds. The van der Waals surface area contributed by atoms with E-state index >= 15 is 0 Å². The van der Waals surface area contributed by atoms with Gasteiger partial charge in [0.05, 0.1) is 0 Å². The van der Waals surface area contributed by atoms with E-state index in [1.54, 1.807) is 0 Å². The average Bonchev–Trinajstić information content (AvgIpc) is 1.86. The van der Waals surface area contributed by atoms with Gasteiger partial charge in [-0.2, -0.15) is 0 Å². The Morgan fingerprint density at radius 2 is 1.90 bits per heavy atom. The van der Waals surface area contributed by atoms with Crippen molar-refractivity contribution in [3.63, 3.8) is 0 Å². The van der Waals surface area contributed by atoms with Gasteiger partial charge in [0.2, 0.25) is 0 Å². The molecule has 60 valence electrons. The average molecular weight is 159 g/mol. The topological polar surface area (TPSA) is 3.24 Å². The molecule has 0 radical (unpaired) electrons. The molecule has 0 bridgehead atoms. The van der Waals surface area contributed by atoms with Crippen molar-refractivity contribution >= 4 is 17.2 Å². The van der Waals surface area contributed by atoms with Crippen molar-refractivity contribution in [3.8, 4) is 0 Å². The first kappa shape index (κ1) is 10.4. The van der Waals surface area contributed by atoms with Gasteiger partial charge in [-0.1, -0.05) is 0 Å². The summed E-state index contributed by atoms with van der Waals surface area (Å²) in [5, 5.41) is 0. The van der Waals surface area contributed by atoms with Gasteiger partial charge in [0.25, 0.3) is 0 Å². The van der Waals surface area contributed by atoms with E-state index in [4.69, 9.17) is 0 Å². The van der Waals surface area contributed by atoms with Gasteiger partial charge in [0.15, 0.2) is 0 Å². The second-order valence-electron chi connectivity index (χ2n) is 3.26. The molecule has 0 aromatic heterocycles. The fraction of sp³-hybridized carbons (Fsp3) is 1.00. The van der Waals surface area contributed by atoms with Gasteiger partial charge in [0, 0.05) is 0 Å². The van der Waals surface area contributed by atoms with Gasteiger partial charge < -0.3 is 0 Å². The van der Waals surface area contributed by atoms with Crippen LogP contribution in [-0.2, 0) is 0 Å². The molecule has 0 fully saturated rings. The fourth-order valence-electron chi connectivity index (χ4n) is 0.645. The summed E-state index contributed by atoms with van der Waals surface area (Å²) in [4.78, 5) is 0. The molecule has 1 nitrogen and oxygen atoms in total. The van der Waals surface area contributed by atoms with E-state index in [1.807, 2.05) is 0 Å². The Morgan fingerprint density at radius 1 is 1.50 bits per heavy atom. The van der Waals surface area contributed by atoms with Crippen molar-refractivity contribution in [1.82, 2.24) is 4.31 Å². The third-order valence-corrected chi connectivity index (χ3v) is 3.61. The van der Waals surface area contributed by atoms with E-state index in [9.17, 15) is 0 Å². The predicted octanol–water partition coefficient (Wildman–Crippen LogP) is 1.74. The zero-order valence-corrected chi connectivity index (χ0v) is 8.59. The molecule has 3 heteroatoms. The first-order chi connectivity index (χ1) is 4.41. The Labute approximate surface area is 68.1 Å². The van der Waals surface area contributed by atoms with Crippen LogP contribution in [0.4, 0.5) is 0 Å². The van der Waals surface area contributed by atoms with Crippen LogP contribution in [0.1, 0.15) is 27.2 Å². The van der Waals surface area contributed by atoms with Gasteiger partial charge in [-0.3, -0.25) is 0 Å². The van der Waals surface area contributed by atoms with Crippen LogP contribution in [0, 0.1) is 0 Å². The maximum atomic E-state index is 4.01. The Morgan fingerprint density at radius 3 is 2.00 bits per heavy atom. The summed E-state index contributed by atoms with van der Waals surface area (Å²) in [6.07, 6.45) is 3.33. The van der Waals surface area contributed by atoms with E-state index in [2.05, 4.69) is 45.1 Å². The standard InChI is InChI=1S/C7H18BNS/c1-6-7(2,3)9(4)10(5)8/h8H,6H2,1-5H3. The molecule has 0 aliphatic rings. The molecular weight excluding hydrogens is 141 g/mol. The van der Waals surface area contributed by atoms with Gasteiger partial charge >= 0.3 is 67.6 Å². The van der Waals surface area contributed by atoms with Gasteiger partial charge in [-0.25, -0.2) is 0 Å². The van der Waals surface area contributed by atoms with E-state index in [1.165, 1.54) is 6.42 Å².